The van der Waals surface area contributed by atoms with Crippen LogP contribution in [-0.4, -0.2) is 40.6 Å². The number of rotatable bonds is 6. The number of hydrogen-bond acceptors (Lipinski definition) is 4. The zero-order chi connectivity index (χ0) is 17.7. The van der Waals surface area contributed by atoms with Gasteiger partial charge in [0.15, 0.2) is 0 Å². The summed E-state index contributed by atoms with van der Waals surface area (Å²) in [6.45, 7) is 0.654. The highest BCUT2D eigenvalue weighted by Crippen LogP contribution is 2.16. The number of nitrogens with one attached hydrogen (secondary N) is 1. The molecule has 1 heterocycles. The number of halogens is 1. The van der Waals surface area contributed by atoms with Crippen LogP contribution in [0.25, 0.3) is 0 Å². The summed E-state index contributed by atoms with van der Waals surface area (Å²) in [5.74, 6) is 0.381. The van der Waals surface area contributed by atoms with Gasteiger partial charge in [0.1, 0.15) is 12.4 Å². The third kappa shape index (κ3) is 4.48. The lowest BCUT2D eigenvalue weighted by atomic mass is 10.2. The summed E-state index contributed by atoms with van der Waals surface area (Å²) in [5.41, 5.74) is -0.750. The van der Waals surface area contributed by atoms with E-state index in [0.29, 0.717) is 23.9 Å². The van der Waals surface area contributed by atoms with E-state index in [1.807, 2.05) is 0 Å². The average molecular weight is 352 g/mol. The molecule has 128 valence electrons. The Hall–Kier alpha value is -2.54. The van der Waals surface area contributed by atoms with Gasteiger partial charge in [-0.3, -0.25) is 14.2 Å². The number of likely N-dealkylation sites (N-methyl/N-ethyl adjacent to an activating group) is 1. The number of carbonyl (C=O) groups excluding carboxylic acids is 1. The van der Waals surface area contributed by atoms with Crippen molar-refractivity contribution in [2.45, 2.75) is 6.42 Å². The number of H-pyrrole nitrogens is 1. The Balaban J connectivity index is 1.90. The van der Waals surface area contributed by atoms with Crippen LogP contribution in [0.4, 0.5) is 0 Å². The fourth-order valence-corrected chi connectivity index (χ4v) is 2.20. The molecule has 0 bridgehead atoms. The molecular formula is C16H18ClN3O4. The van der Waals surface area contributed by atoms with E-state index in [-0.39, 0.29) is 17.9 Å². The summed E-state index contributed by atoms with van der Waals surface area (Å²) in [6.07, 6.45) is 1.19. The molecule has 0 saturated heterocycles. The third-order valence-electron chi connectivity index (χ3n) is 3.51. The smallest absolute Gasteiger partial charge is 0.328 e. The minimum atomic E-state index is -0.514. The van der Waals surface area contributed by atoms with Crippen LogP contribution >= 0.6 is 11.6 Å². The van der Waals surface area contributed by atoms with Gasteiger partial charge in [-0.25, -0.2) is 4.79 Å². The molecule has 0 saturated carbocycles. The number of amides is 1. The lowest BCUT2D eigenvalue weighted by Gasteiger charge is -2.17. The number of aromatic nitrogens is 2. The van der Waals surface area contributed by atoms with Crippen LogP contribution in [0.3, 0.4) is 0 Å². The fraction of sp³-hybridized carbons (Fsp3) is 0.312. The molecule has 0 unspecified atom stereocenters. The zero-order valence-electron chi connectivity index (χ0n) is 13.4. The van der Waals surface area contributed by atoms with Crippen molar-refractivity contribution in [2.24, 2.45) is 7.05 Å². The highest BCUT2D eigenvalue weighted by Gasteiger charge is 2.13. The zero-order valence-corrected chi connectivity index (χ0v) is 14.2. The Kier molecular flexibility index (Phi) is 5.81. The monoisotopic (exact) mass is 351 g/mol. The highest BCUT2D eigenvalue weighted by atomic mass is 35.5. The molecule has 1 amide bonds. The van der Waals surface area contributed by atoms with E-state index in [9.17, 15) is 14.4 Å². The maximum Gasteiger partial charge on any atom is 0.328 e. The van der Waals surface area contributed by atoms with Gasteiger partial charge in [-0.15, -0.1) is 0 Å². The SMILES string of the molecule is CN(CCOc1cccc(Cl)c1)C(=O)Cc1c[nH]c(=O)n(C)c1=O. The van der Waals surface area contributed by atoms with Crippen molar-refractivity contribution >= 4 is 17.5 Å². The Bertz CT molecular complexity index is 844. The lowest BCUT2D eigenvalue weighted by molar-refractivity contribution is -0.129. The molecule has 1 aromatic carbocycles. The summed E-state index contributed by atoms with van der Waals surface area (Å²) in [4.78, 5) is 39.3. The van der Waals surface area contributed by atoms with E-state index in [2.05, 4.69) is 4.98 Å². The second-order valence-corrected chi connectivity index (χ2v) is 5.72. The summed E-state index contributed by atoms with van der Waals surface area (Å²) >= 11 is 5.86. The Morgan fingerprint density at radius 3 is 2.83 bits per heavy atom. The molecule has 0 aliphatic rings. The molecule has 24 heavy (non-hydrogen) atoms. The first kappa shape index (κ1) is 17.8. The fourth-order valence-electron chi connectivity index (χ4n) is 2.02. The number of aromatic amines is 1. The average Bonchev–Trinajstić information content (AvgIpc) is 2.55. The van der Waals surface area contributed by atoms with E-state index in [1.54, 1.807) is 31.3 Å². The van der Waals surface area contributed by atoms with Crippen LogP contribution in [0.15, 0.2) is 40.1 Å². The minimum Gasteiger partial charge on any atom is -0.492 e. The topological polar surface area (TPSA) is 84.4 Å². The van der Waals surface area contributed by atoms with Crippen molar-refractivity contribution < 1.29 is 9.53 Å². The summed E-state index contributed by atoms with van der Waals surface area (Å²) < 4.78 is 6.46. The van der Waals surface area contributed by atoms with Crippen LogP contribution in [0, 0.1) is 0 Å². The van der Waals surface area contributed by atoms with Crippen LogP contribution in [0.1, 0.15) is 5.56 Å². The maximum atomic E-state index is 12.2. The molecular weight excluding hydrogens is 334 g/mol. The quantitative estimate of drug-likeness (QED) is 0.834. The van der Waals surface area contributed by atoms with Crippen LogP contribution in [-0.2, 0) is 18.3 Å². The van der Waals surface area contributed by atoms with E-state index in [0.717, 1.165) is 4.57 Å². The van der Waals surface area contributed by atoms with Gasteiger partial charge in [-0.05, 0) is 18.2 Å². The van der Waals surface area contributed by atoms with Crippen LogP contribution in [0.2, 0.25) is 5.02 Å². The number of hydrogen-bond donors (Lipinski definition) is 1. The van der Waals surface area contributed by atoms with Crippen molar-refractivity contribution in [1.29, 1.82) is 0 Å². The Labute approximate surface area is 143 Å². The van der Waals surface area contributed by atoms with Gasteiger partial charge in [-0.1, -0.05) is 17.7 Å². The highest BCUT2D eigenvalue weighted by molar-refractivity contribution is 6.30. The molecule has 1 aromatic heterocycles. The van der Waals surface area contributed by atoms with E-state index in [4.69, 9.17) is 16.3 Å². The van der Waals surface area contributed by atoms with Crippen molar-refractivity contribution in [3.05, 3.63) is 61.9 Å². The van der Waals surface area contributed by atoms with Crippen LogP contribution in [0.5, 0.6) is 5.75 Å². The molecule has 7 nitrogen and oxygen atoms in total. The molecule has 0 atom stereocenters. The second kappa shape index (κ2) is 7.83. The minimum absolute atomic E-state index is 0.0862. The Morgan fingerprint density at radius 2 is 2.12 bits per heavy atom. The van der Waals surface area contributed by atoms with Gasteiger partial charge >= 0.3 is 5.69 Å². The largest absolute Gasteiger partial charge is 0.492 e. The van der Waals surface area contributed by atoms with E-state index < -0.39 is 11.2 Å². The summed E-state index contributed by atoms with van der Waals surface area (Å²) in [7, 11) is 2.98. The molecule has 0 spiro atoms. The maximum absolute atomic E-state index is 12.2. The van der Waals surface area contributed by atoms with Crippen molar-refractivity contribution in [3.8, 4) is 5.75 Å². The third-order valence-corrected chi connectivity index (χ3v) is 3.75. The predicted molar refractivity (Wildman–Crippen MR) is 90.6 cm³/mol. The molecule has 8 heteroatoms. The molecule has 1 N–H and O–H groups in total. The number of ether oxygens (including phenoxy) is 1. The van der Waals surface area contributed by atoms with Gasteiger partial charge < -0.3 is 14.6 Å². The van der Waals surface area contributed by atoms with E-state index in [1.165, 1.54) is 18.1 Å². The molecule has 2 rings (SSSR count). The summed E-state index contributed by atoms with van der Waals surface area (Å²) in [6, 6.07) is 6.98. The van der Waals surface area contributed by atoms with Crippen molar-refractivity contribution in [3.63, 3.8) is 0 Å². The van der Waals surface area contributed by atoms with Crippen LogP contribution < -0.4 is 16.0 Å². The molecule has 0 aliphatic heterocycles. The Morgan fingerprint density at radius 1 is 1.38 bits per heavy atom. The molecule has 2 aromatic rings. The van der Waals surface area contributed by atoms with Crippen molar-refractivity contribution in [2.75, 3.05) is 20.2 Å². The van der Waals surface area contributed by atoms with Gasteiger partial charge in [0, 0.05) is 30.9 Å². The first-order valence-corrected chi connectivity index (χ1v) is 7.66. The van der Waals surface area contributed by atoms with Gasteiger partial charge in [-0.2, -0.15) is 0 Å². The molecule has 0 fully saturated rings. The number of carbonyl (C=O) groups is 1. The number of nitrogens with zero attached hydrogens (tertiary/aromatic N) is 2. The first-order valence-electron chi connectivity index (χ1n) is 7.28. The first-order chi connectivity index (χ1) is 11.4. The molecule has 0 aliphatic carbocycles. The second-order valence-electron chi connectivity index (χ2n) is 5.28. The predicted octanol–water partition coefficient (Wildman–Crippen LogP) is 0.807. The normalized spacial score (nSPS) is 10.5. The van der Waals surface area contributed by atoms with Gasteiger partial charge in [0.2, 0.25) is 5.91 Å². The summed E-state index contributed by atoms with van der Waals surface area (Å²) in [5, 5.41) is 0.575. The van der Waals surface area contributed by atoms with E-state index >= 15 is 0 Å². The lowest BCUT2D eigenvalue weighted by Crippen LogP contribution is -2.38. The van der Waals surface area contributed by atoms with Crippen molar-refractivity contribution in [1.82, 2.24) is 14.5 Å². The standard InChI is InChI=1S/C16H18ClN3O4/c1-19(6-7-24-13-5-3-4-12(17)9-13)14(21)8-11-10-18-16(23)20(2)15(11)22/h3-5,9-10H,6-8H2,1-2H3,(H,18,23). The number of benzene rings is 1. The van der Waals surface area contributed by atoms with Gasteiger partial charge in [0.05, 0.1) is 13.0 Å². The van der Waals surface area contributed by atoms with Gasteiger partial charge in [0.25, 0.3) is 5.56 Å². The molecule has 0 radical (unpaired) electrons.